The van der Waals surface area contributed by atoms with Crippen molar-refractivity contribution >= 4 is 29.3 Å². The molecule has 1 saturated heterocycles. The summed E-state index contributed by atoms with van der Waals surface area (Å²) in [5.74, 6) is -0.696. The predicted molar refractivity (Wildman–Crippen MR) is 122 cm³/mol. The van der Waals surface area contributed by atoms with Gasteiger partial charge in [-0.15, -0.1) is 6.58 Å². The molecule has 2 amide bonds. The summed E-state index contributed by atoms with van der Waals surface area (Å²) in [6.45, 7) is 10.0. The van der Waals surface area contributed by atoms with Crippen molar-refractivity contribution in [2.24, 2.45) is 5.92 Å². The van der Waals surface area contributed by atoms with Crippen molar-refractivity contribution in [2.45, 2.75) is 32.7 Å². The number of hydrogen-bond acceptors (Lipinski definition) is 7. The van der Waals surface area contributed by atoms with E-state index in [1.807, 2.05) is 23.8 Å². The number of ether oxygens (including phenoxy) is 2. The van der Waals surface area contributed by atoms with Gasteiger partial charge in [0.15, 0.2) is 0 Å². The zero-order valence-corrected chi connectivity index (χ0v) is 19.5. The van der Waals surface area contributed by atoms with E-state index in [0.717, 1.165) is 5.56 Å². The van der Waals surface area contributed by atoms with Gasteiger partial charge in [0, 0.05) is 18.8 Å². The monoisotopic (exact) mass is 461 g/mol. The number of piperidine rings is 1. The van der Waals surface area contributed by atoms with E-state index in [1.165, 1.54) is 11.3 Å². The molecule has 0 aromatic carbocycles. The highest BCUT2D eigenvalue weighted by Gasteiger charge is 2.39. The molecule has 1 aromatic heterocycles. The van der Waals surface area contributed by atoms with Gasteiger partial charge in [0.2, 0.25) is 0 Å². The van der Waals surface area contributed by atoms with E-state index in [2.05, 4.69) is 16.8 Å². The first-order chi connectivity index (χ1) is 15.5. The molecule has 3 heterocycles. The molecule has 0 spiro atoms. The average Bonchev–Trinajstić information content (AvgIpc) is 3.31. The Labute approximate surface area is 192 Å². The van der Waals surface area contributed by atoms with E-state index < -0.39 is 12.0 Å². The second kappa shape index (κ2) is 11.3. The quantitative estimate of drug-likeness (QED) is 0.449. The van der Waals surface area contributed by atoms with Crippen molar-refractivity contribution in [3.8, 4) is 0 Å². The Balaban J connectivity index is 1.91. The minimum absolute atomic E-state index is 0.109. The molecular weight excluding hydrogens is 430 g/mol. The predicted octanol–water partition coefficient (Wildman–Crippen LogP) is 3.09. The number of carbonyl (C=O) groups excluding carboxylic acids is 3. The number of rotatable bonds is 9. The number of carbonyl (C=O) groups is 3. The van der Waals surface area contributed by atoms with Crippen molar-refractivity contribution in [1.29, 1.82) is 0 Å². The maximum Gasteiger partial charge on any atom is 0.338 e. The molecular formula is C23H31N3O5S. The van der Waals surface area contributed by atoms with Crippen LogP contribution in [-0.4, -0.2) is 67.2 Å². The van der Waals surface area contributed by atoms with Crippen LogP contribution in [0.2, 0.25) is 0 Å². The number of esters is 2. The Morgan fingerprint density at radius 2 is 1.97 bits per heavy atom. The lowest BCUT2D eigenvalue weighted by molar-refractivity contribution is -0.149. The lowest BCUT2D eigenvalue weighted by Crippen LogP contribution is -2.51. The summed E-state index contributed by atoms with van der Waals surface area (Å²) in [6, 6.07) is 1.06. The number of urea groups is 1. The van der Waals surface area contributed by atoms with Crippen LogP contribution in [0.15, 0.2) is 40.8 Å². The minimum Gasteiger partial charge on any atom is -0.466 e. The van der Waals surface area contributed by atoms with Crippen molar-refractivity contribution in [3.63, 3.8) is 0 Å². The molecule has 9 heteroatoms. The van der Waals surface area contributed by atoms with E-state index in [9.17, 15) is 14.4 Å². The van der Waals surface area contributed by atoms with Crippen LogP contribution in [0.3, 0.4) is 0 Å². The summed E-state index contributed by atoms with van der Waals surface area (Å²) in [5.41, 5.74) is 1.92. The second-order valence-electron chi connectivity index (χ2n) is 7.72. The number of thiophene rings is 1. The molecule has 0 bridgehead atoms. The van der Waals surface area contributed by atoms with Crippen LogP contribution in [-0.2, 0) is 19.1 Å². The van der Waals surface area contributed by atoms with E-state index in [-0.39, 0.29) is 31.1 Å². The fourth-order valence-corrected chi connectivity index (χ4v) is 4.82. The normalized spacial score (nSPS) is 20.1. The molecule has 0 radical (unpaired) electrons. The van der Waals surface area contributed by atoms with E-state index in [0.29, 0.717) is 50.4 Å². The van der Waals surface area contributed by atoms with Crippen LogP contribution in [0.5, 0.6) is 0 Å². The van der Waals surface area contributed by atoms with Crippen molar-refractivity contribution in [3.05, 3.63) is 46.3 Å². The van der Waals surface area contributed by atoms with Crippen molar-refractivity contribution in [1.82, 2.24) is 15.1 Å². The molecule has 1 fully saturated rings. The number of hydrogen-bond donors (Lipinski definition) is 1. The minimum atomic E-state index is -0.569. The molecule has 0 saturated carbocycles. The highest BCUT2D eigenvalue weighted by molar-refractivity contribution is 7.08. The standard InChI is InChI=1S/C23H31N3O5S/c1-4-10-26-18(14-25-11-7-16(8-12-25)21(27)30-5-2)19(22(28)31-6-3)20(24-23(26)29)17-9-13-32-15-17/h4,9,13,15-16,20H,1,5-8,10-12,14H2,2-3H3,(H,24,29)/t20-/m1/s1. The first-order valence-electron chi connectivity index (χ1n) is 11.0. The first kappa shape index (κ1) is 24.0. The number of nitrogens with one attached hydrogen (secondary N) is 1. The summed E-state index contributed by atoms with van der Waals surface area (Å²) >= 11 is 1.51. The average molecular weight is 462 g/mol. The highest BCUT2D eigenvalue weighted by atomic mass is 32.1. The lowest BCUT2D eigenvalue weighted by atomic mass is 9.94. The smallest absolute Gasteiger partial charge is 0.338 e. The second-order valence-corrected chi connectivity index (χ2v) is 8.50. The van der Waals surface area contributed by atoms with Crippen LogP contribution >= 0.6 is 11.3 Å². The van der Waals surface area contributed by atoms with Crippen LogP contribution in [0.4, 0.5) is 4.79 Å². The van der Waals surface area contributed by atoms with Crippen LogP contribution in [0, 0.1) is 5.92 Å². The number of amides is 2. The molecule has 1 N–H and O–H groups in total. The molecule has 2 aliphatic rings. The Morgan fingerprint density at radius 1 is 1.25 bits per heavy atom. The topological polar surface area (TPSA) is 88.2 Å². The van der Waals surface area contributed by atoms with Gasteiger partial charge in [-0.05, 0) is 62.2 Å². The van der Waals surface area contributed by atoms with E-state index >= 15 is 0 Å². The maximum atomic E-state index is 13.1. The molecule has 174 valence electrons. The third-order valence-electron chi connectivity index (χ3n) is 5.70. The lowest BCUT2D eigenvalue weighted by Gasteiger charge is -2.39. The van der Waals surface area contributed by atoms with Crippen LogP contribution < -0.4 is 5.32 Å². The summed E-state index contributed by atoms with van der Waals surface area (Å²) < 4.78 is 10.6. The third-order valence-corrected chi connectivity index (χ3v) is 6.40. The van der Waals surface area contributed by atoms with Crippen molar-refractivity contribution in [2.75, 3.05) is 39.4 Å². The van der Waals surface area contributed by atoms with Gasteiger partial charge in [-0.1, -0.05) is 6.08 Å². The fraction of sp³-hybridized carbons (Fsp3) is 0.522. The van der Waals surface area contributed by atoms with Gasteiger partial charge >= 0.3 is 18.0 Å². The largest absolute Gasteiger partial charge is 0.466 e. The van der Waals surface area contributed by atoms with Crippen LogP contribution in [0.25, 0.3) is 0 Å². The summed E-state index contributed by atoms with van der Waals surface area (Å²) in [5, 5.41) is 6.80. The van der Waals surface area contributed by atoms with Gasteiger partial charge < -0.3 is 14.8 Å². The fourth-order valence-electron chi connectivity index (χ4n) is 4.13. The zero-order chi connectivity index (χ0) is 23.1. The van der Waals surface area contributed by atoms with Crippen LogP contribution in [0.1, 0.15) is 38.3 Å². The molecule has 0 unspecified atom stereocenters. The van der Waals surface area contributed by atoms with Gasteiger partial charge in [-0.25, -0.2) is 9.59 Å². The Bertz CT molecular complexity index is 859. The first-order valence-corrected chi connectivity index (χ1v) is 11.9. The molecule has 32 heavy (non-hydrogen) atoms. The van der Waals surface area contributed by atoms with Crippen molar-refractivity contribution < 1.29 is 23.9 Å². The number of nitrogens with zero attached hydrogens (tertiary/aromatic N) is 2. The molecule has 2 aliphatic heterocycles. The Hall–Kier alpha value is -2.65. The third kappa shape index (κ3) is 5.39. The zero-order valence-electron chi connectivity index (χ0n) is 18.7. The Kier molecular flexibility index (Phi) is 8.46. The highest BCUT2D eigenvalue weighted by Crippen LogP contribution is 2.33. The SMILES string of the molecule is C=CCN1C(=O)N[C@H](c2ccsc2)C(C(=O)OCC)=C1CN1CCC(C(=O)OCC)CC1. The summed E-state index contributed by atoms with van der Waals surface area (Å²) in [7, 11) is 0. The molecule has 8 nitrogen and oxygen atoms in total. The summed E-state index contributed by atoms with van der Waals surface area (Å²) in [6.07, 6.45) is 3.01. The maximum absolute atomic E-state index is 13.1. The van der Waals surface area contributed by atoms with Gasteiger partial charge in [-0.2, -0.15) is 11.3 Å². The Morgan fingerprint density at radius 3 is 2.56 bits per heavy atom. The molecule has 1 aromatic rings. The van der Waals surface area contributed by atoms with Gasteiger partial charge in [0.25, 0.3) is 0 Å². The summed E-state index contributed by atoms with van der Waals surface area (Å²) in [4.78, 5) is 41.9. The van der Waals surface area contributed by atoms with E-state index in [4.69, 9.17) is 9.47 Å². The molecule has 1 atom stereocenters. The van der Waals surface area contributed by atoms with E-state index in [1.54, 1.807) is 17.9 Å². The number of likely N-dealkylation sites (tertiary alicyclic amines) is 1. The van der Waals surface area contributed by atoms with Gasteiger partial charge in [0.05, 0.1) is 30.7 Å². The van der Waals surface area contributed by atoms with Gasteiger partial charge in [0.1, 0.15) is 0 Å². The van der Waals surface area contributed by atoms with Gasteiger partial charge in [-0.3, -0.25) is 14.6 Å². The molecule has 0 aliphatic carbocycles. The molecule has 3 rings (SSSR count).